The Kier molecular flexibility index (Phi) is 6.69. The van der Waals surface area contributed by atoms with Gasteiger partial charge in [0.15, 0.2) is 5.03 Å². The van der Waals surface area contributed by atoms with Gasteiger partial charge in [-0.2, -0.15) is 8.42 Å². The summed E-state index contributed by atoms with van der Waals surface area (Å²) in [4.78, 5) is 15.5. The average Bonchev–Trinajstić information content (AvgIpc) is 3.30. The molecule has 9 heteroatoms. The van der Waals surface area contributed by atoms with Crippen molar-refractivity contribution in [2.75, 3.05) is 11.8 Å². The highest BCUT2D eigenvalue weighted by Gasteiger charge is 2.29. The standard InChI is InChI=1S/C25H28N2O5S2/c1-25(2)12-4-5-19(14-25)16-6-8-17(9-7-16)23-26-22(15-33-23)34(30,31)27-20-11-10-18(24(28)29)13-21(20)32-3/h6-11,13,15,19,27H,4-5,12,14H2,1-3H3,(H,28,29). The quantitative estimate of drug-likeness (QED) is 0.412. The first-order valence-electron chi connectivity index (χ1n) is 11.1. The summed E-state index contributed by atoms with van der Waals surface area (Å²) >= 11 is 1.26. The fourth-order valence-corrected chi connectivity index (χ4v) is 6.67. The van der Waals surface area contributed by atoms with Gasteiger partial charge in [-0.3, -0.25) is 4.72 Å². The van der Waals surface area contributed by atoms with Crippen LogP contribution in [0.1, 0.15) is 61.4 Å². The Labute approximate surface area is 203 Å². The number of aromatic nitrogens is 1. The molecule has 1 atom stereocenters. The van der Waals surface area contributed by atoms with Crippen LogP contribution in [0.4, 0.5) is 5.69 Å². The number of hydrogen-bond acceptors (Lipinski definition) is 6. The lowest BCUT2D eigenvalue weighted by molar-refractivity contribution is 0.0696. The van der Waals surface area contributed by atoms with E-state index in [0.29, 0.717) is 16.3 Å². The molecule has 1 aliphatic rings. The van der Waals surface area contributed by atoms with Gasteiger partial charge in [0.1, 0.15) is 10.8 Å². The van der Waals surface area contributed by atoms with Crippen LogP contribution in [0.15, 0.2) is 52.9 Å². The van der Waals surface area contributed by atoms with Gasteiger partial charge in [-0.05, 0) is 54.4 Å². The molecule has 1 saturated carbocycles. The molecule has 7 nitrogen and oxygen atoms in total. The number of carboxylic acids is 1. The summed E-state index contributed by atoms with van der Waals surface area (Å²) in [6, 6.07) is 12.2. The van der Waals surface area contributed by atoms with Crippen molar-refractivity contribution in [1.29, 1.82) is 0 Å². The molecular formula is C25H28N2O5S2. The Morgan fingerprint density at radius 1 is 1.21 bits per heavy atom. The molecule has 1 aliphatic carbocycles. The number of rotatable bonds is 7. The number of thiazole rings is 1. The number of benzene rings is 2. The van der Waals surface area contributed by atoms with Gasteiger partial charge in [0.2, 0.25) is 0 Å². The van der Waals surface area contributed by atoms with Crippen molar-refractivity contribution in [2.24, 2.45) is 5.41 Å². The largest absolute Gasteiger partial charge is 0.495 e. The normalized spacial score (nSPS) is 17.8. The zero-order valence-corrected chi connectivity index (χ0v) is 21.0. The van der Waals surface area contributed by atoms with Gasteiger partial charge in [-0.25, -0.2) is 9.78 Å². The zero-order chi connectivity index (χ0) is 24.5. The van der Waals surface area contributed by atoms with Crippen molar-refractivity contribution in [3.05, 3.63) is 59.0 Å². The number of sulfonamides is 1. The third-order valence-corrected chi connectivity index (χ3v) is 8.57. The Bertz CT molecular complexity index is 1300. The molecule has 180 valence electrons. The number of carbonyl (C=O) groups is 1. The third-order valence-electron chi connectivity index (χ3n) is 6.29. The highest BCUT2D eigenvalue weighted by molar-refractivity contribution is 7.92. The van der Waals surface area contributed by atoms with Crippen molar-refractivity contribution < 1.29 is 23.1 Å². The van der Waals surface area contributed by atoms with Gasteiger partial charge < -0.3 is 9.84 Å². The van der Waals surface area contributed by atoms with Crippen molar-refractivity contribution in [1.82, 2.24) is 4.98 Å². The van der Waals surface area contributed by atoms with E-state index in [9.17, 15) is 13.2 Å². The van der Waals surface area contributed by atoms with Crippen LogP contribution in [0.3, 0.4) is 0 Å². The van der Waals surface area contributed by atoms with Gasteiger partial charge >= 0.3 is 5.97 Å². The van der Waals surface area contributed by atoms with E-state index in [2.05, 4.69) is 35.7 Å². The summed E-state index contributed by atoms with van der Waals surface area (Å²) in [6.45, 7) is 4.66. The van der Waals surface area contributed by atoms with Gasteiger partial charge in [0.05, 0.1) is 18.4 Å². The highest BCUT2D eigenvalue weighted by atomic mass is 32.2. The zero-order valence-electron chi connectivity index (χ0n) is 19.4. The first-order valence-corrected chi connectivity index (χ1v) is 13.4. The summed E-state index contributed by atoms with van der Waals surface area (Å²) < 4.78 is 33.4. The summed E-state index contributed by atoms with van der Waals surface area (Å²) in [7, 11) is -2.64. The predicted octanol–water partition coefficient (Wildman–Crippen LogP) is 6.00. The van der Waals surface area contributed by atoms with E-state index in [4.69, 9.17) is 9.84 Å². The fourth-order valence-electron chi connectivity index (χ4n) is 4.50. The topological polar surface area (TPSA) is 106 Å². The lowest BCUT2D eigenvalue weighted by Crippen LogP contribution is -2.21. The monoisotopic (exact) mass is 500 g/mol. The summed E-state index contributed by atoms with van der Waals surface area (Å²) in [5, 5.41) is 11.1. The van der Waals surface area contributed by atoms with E-state index in [1.807, 2.05) is 12.1 Å². The molecule has 0 saturated heterocycles. The highest BCUT2D eigenvalue weighted by Crippen LogP contribution is 2.43. The number of carboxylic acid groups (broad SMARTS) is 1. The summed E-state index contributed by atoms with van der Waals surface area (Å²) in [5.74, 6) is -0.466. The van der Waals surface area contributed by atoms with Crippen LogP contribution in [-0.2, 0) is 10.0 Å². The molecule has 1 aromatic heterocycles. The van der Waals surface area contributed by atoms with Crippen molar-refractivity contribution >= 4 is 33.0 Å². The fraction of sp³-hybridized carbons (Fsp3) is 0.360. The lowest BCUT2D eigenvalue weighted by atomic mass is 9.70. The van der Waals surface area contributed by atoms with E-state index in [1.54, 1.807) is 0 Å². The SMILES string of the molecule is COc1cc(C(=O)O)ccc1NS(=O)(=O)c1csc(-c2ccc(C3CCCC(C)(C)C3)cc2)n1. The van der Waals surface area contributed by atoms with Gasteiger partial charge in [0, 0.05) is 10.9 Å². The Hall–Kier alpha value is -2.91. The molecule has 1 fully saturated rings. The third kappa shape index (κ3) is 5.26. The van der Waals surface area contributed by atoms with E-state index < -0.39 is 16.0 Å². The number of nitrogens with zero attached hydrogens (tertiary/aromatic N) is 1. The Balaban J connectivity index is 1.52. The molecule has 0 radical (unpaired) electrons. The van der Waals surface area contributed by atoms with Gasteiger partial charge in [0.25, 0.3) is 10.0 Å². The Morgan fingerprint density at radius 2 is 1.94 bits per heavy atom. The van der Waals surface area contributed by atoms with E-state index in [0.717, 1.165) is 5.56 Å². The number of methoxy groups -OCH3 is 1. The van der Waals surface area contributed by atoms with Crippen LogP contribution >= 0.6 is 11.3 Å². The molecule has 3 aromatic rings. The molecular weight excluding hydrogens is 472 g/mol. The van der Waals surface area contributed by atoms with Crippen molar-refractivity contribution in [3.63, 3.8) is 0 Å². The molecule has 2 N–H and O–H groups in total. The molecule has 0 aliphatic heterocycles. The lowest BCUT2D eigenvalue weighted by Gasteiger charge is -2.35. The van der Waals surface area contributed by atoms with Crippen LogP contribution in [0.2, 0.25) is 0 Å². The average molecular weight is 501 g/mol. The number of ether oxygens (including phenoxy) is 1. The maximum atomic E-state index is 12.9. The second-order valence-electron chi connectivity index (χ2n) is 9.40. The molecule has 1 heterocycles. The second-order valence-corrected chi connectivity index (χ2v) is 11.9. The first-order chi connectivity index (χ1) is 16.1. The van der Waals surface area contributed by atoms with E-state index in [-0.39, 0.29) is 22.0 Å². The van der Waals surface area contributed by atoms with Crippen molar-refractivity contribution in [3.8, 4) is 16.3 Å². The number of anilines is 1. The van der Waals surface area contributed by atoms with Crippen LogP contribution in [0.5, 0.6) is 5.75 Å². The molecule has 2 aromatic carbocycles. The molecule has 1 unspecified atom stereocenters. The van der Waals surface area contributed by atoms with Gasteiger partial charge in [-0.15, -0.1) is 11.3 Å². The van der Waals surface area contributed by atoms with Crippen LogP contribution in [0.25, 0.3) is 10.6 Å². The minimum atomic E-state index is -3.98. The number of aromatic carboxylic acids is 1. The predicted molar refractivity (Wildman–Crippen MR) is 133 cm³/mol. The maximum Gasteiger partial charge on any atom is 0.335 e. The Morgan fingerprint density at radius 3 is 2.59 bits per heavy atom. The van der Waals surface area contributed by atoms with Crippen LogP contribution in [0, 0.1) is 5.41 Å². The van der Waals surface area contributed by atoms with Crippen LogP contribution < -0.4 is 9.46 Å². The smallest absolute Gasteiger partial charge is 0.335 e. The number of hydrogen-bond donors (Lipinski definition) is 2. The second kappa shape index (κ2) is 9.38. The molecule has 0 bridgehead atoms. The molecule has 0 spiro atoms. The first kappa shape index (κ1) is 24.2. The minimum Gasteiger partial charge on any atom is -0.495 e. The summed E-state index contributed by atoms with van der Waals surface area (Å²) in [6.07, 6.45) is 4.88. The molecule has 34 heavy (non-hydrogen) atoms. The van der Waals surface area contributed by atoms with E-state index in [1.165, 1.54) is 73.3 Å². The van der Waals surface area contributed by atoms with Gasteiger partial charge in [-0.1, -0.05) is 44.5 Å². The summed E-state index contributed by atoms with van der Waals surface area (Å²) in [5.41, 5.74) is 2.69. The maximum absolute atomic E-state index is 12.9. The van der Waals surface area contributed by atoms with E-state index >= 15 is 0 Å². The minimum absolute atomic E-state index is 0.00372. The van der Waals surface area contributed by atoms with Crippen LogP contribution in [-0.4, -0.2) is 31.6 Å². The number of nitrogens with one attached hydrogen (secondary N) is 1. The van der Waals surface area contributed by atoms with Crippen molar-refractivity contribution in [2.45, 2.75) is 50.5 Å². The molecule has 0 amide bonds. The molecule has 4 rings (SSSR count).